The zero-order valence-corrected chi connectivity index (χ0v) is 12.0. The third kappa shape index (κ3) is 3.34. The molecule has 0 spiro atoms. The lowest BCUT2D eigenvalue weighted by Crippen LogP contribution is -2.24. The molecule has 1 aromatic carbocycles. The zero-order chi connectivity index (χ0) is 16.1. The average molecular weight is 308 g/mol. The van der Waals surface area contributed by atoms with Gasteiger partial charge in [-0.05, 0) is 6.07 Å². The molecular weight excluding hydrogens is 292 g/mol. The molecule has 1 aromatic heterocycles. The quantitative estimate of drug-likeness (QED) is 0.705. The number of carbonyl (C=O) groups is 1. The SMILES string of the molecule is COc1cc2c(=O)n(CC(=O)O)cnc2cc1OCCCO. The Labute approximate surface area is 125 Å². The molecule has 0 aliphatic heterocycles. The molecule has 0 saturated heterocycles. The molecule has 0 unspecified atom stereocenters. The Morgan fingerprint density at radius 1 is 1.36 bits per heavy atom. The predicted octanol–water partition coefficient (Wildman–Crippen LogP) is 0.251. The number of aliphatic hydroxyl groups is 1. The van der Waals surface area contributed by atoms with Gasteiger partial charge >= 0.3 is 5.97 Å². The fourth-order valence-corrected chi connectivity index (χ4v) is 1.94. The molecule has 0 radical (unpaired) electrons. The Morgan fingerprint density at radius 3 is 2.77 bits per heavy atom. The van der Waals surface area contributed by atoms with E-state index in [2.05, 4.69) is 4.98 Å². The number of aromatic nitrogens is 2. The van der Waals surface area contributed by atoms with E-state index in [0.29, 0.717) is 30.0 Å². The fraction of sp³-hybridized carbons (Fsp3) is 0.357. The third-order valence-corrected chi connectivity index (χ3v) is 2.98. The summed E-state index contributed by atoms with van der Waals surface area (Å²) in [4.78, 5) is 27.0. The van der Waals surface area contributed by atoms with Crippen LogP contribution in [0, 0.1) is 0 Å². The highest BCUT2D eigenvalue weighted by Crippen LogP contribution is 2.30. The van der Waals surface area contributed by atoms with Gasteiger partial charge in [0.1, 0.15) is 6.54 Å². The van der Waals surface area contributed by atoms with Crippen molar-refractivity contribution in [3.05, 3.63) is 28.8 Å². The molecule has 8 nitrogen and oxygen atoms in total. The molecule has 0 atom stereocenters. The van der Waals surface area contributed by atoms with E-state index in [4.69, 9.17) is 19.7 Å². The number of nitrogens with zero attached hydrogens (tertiary/aromatic N) is 2. The number of aliphatic carboxylic acids is 1. The summed E-state index contributed by atoms with van der Waals surface area (Å²) in [7, 11) is 1.44. The maximum absolute atomic E-state index is 12.2. The number of aliphatic hydroxyl groups excluding tert-OH is 1. The molecule has 0 saturated carbocycles. The second-order valence-electron chi connectivity index (χ2n) is 4.52. The average Bonchev–Trinajstić information content (AvgIpc) is 2.49. The normalized spacial score (nSPS) is 10.6. The molecule has 0 bridgehead atoms. The molecule has 2 N–H and O–H groups in total. The number of hydrogen-bond acceptors (Lipinski definition) is 6. The molecule has 0 aliphatic carbocycles. The van der Waals surface area contributed by atoms with Gasteiger partial charge in [0.15, 0.2) is 11.5 Å². The minimum absolute atomic E-state index is 0.00798. The number of carboxylic acid groups (broad SMARTS) is 1. The Balaban J connectivity index is 2.46. The van der Waals surface area contributed by atoms with Crippen LogP contribution in [0.5, 0.6) is 11.5 Å². The van der Waals surface area contributed by atoms with E-state index in [1.54, 1.807) is 6.07 Å². The lowest BCUT2D eigenvalue weighted by Gasteiger charge is -2.12. The highest BCUT2D eigenvalue weighted by Gasteiger charge is 2.12. The van der Waals surface area contributed by atoms with Gasteiger partial charge in [0.25, 0.3) is 5.56 Å². The van der Waals surface area contributed by atoms with Crippen LogP contribution in [0.15, 0.2) is 23.3 Å². The molecule has 2 aromatic rings. The van der Waals surface area contributed by atoms with Crippen LogP contribution < -0.4 is 15.0 Å². The number of ether oxygens (including phenoxy) is 2. The standard InChI is InChI=1S/C14H16N2O6/c1-21-11-5-9-10(6-12(11)22-4-2-3-17)15-8-16(14(9)20)7-13(18)19/h5-6,8,17H,2-4,7H2,1H3,(H,18,19). The van der Waals surface area contributed by atoms with Crippen molar-refractivity contribution in [1.82, 2.24) is 9.55 Å². The summed E-state index contributed by atoms with van der Waals surface area (Å²) in [5.41, 5.74) is -0.0842. The molecule has 8 heteroatoms. The molecule has 0 aliphatic rings. The van der Waals surface area contributed by atoms with Crippen LogP contribution in [0.1, 0.15) is 6.42 Å². The van der Waals surface area contributed by atoms with Crippen LogP contribution >= 0.6 is 0 Å². The van der Waals surface area contributed by atoms with Gasteiger partial charge < -0.3 is 19.7 Å². The Hall–Kier alpha value is -2.61. The maximum Gasteiger partial charge on any atom is 0.323 e. The maximum atomic E-state index is 12.2. The second-order valence-corrected chi connectivity index (χ2v) is 4.52. The van der Waals surface area contributed by atoms with Crippen molar-refractivity contribution < 1.29 is 24.5 Å². The number of benzene rings is 1. The molecule has 0 fully saturated rings. The largest absolute Gasteiger partial charge is 0.493 e. The Kier molecular flexibility index (Phi) is 4.95. The van der Waals surface area contributed by atoms with Crippen molar-refractivity contribution in [2.24, 2.45) is 0 Å². The Morgan fingerprint density at radius 2 is 2.14 bits per heavy atom. The van der Waals surface area contributed by atoms with Crippen molar-refractivity contribution in [2.45, 2.75) is 13.0 Å². The number of carboxylic acids is 1. The monoisotopic (exact) mass is 308 g/mol. The lowest BCUT2D eigenvalue weighted by atomic mass is 10.2. The van der Waals surface area contributed by atoms with E-state index in [1.165, 1.54) is 19.5 Å². The van der Waals surface area contributed by atoms with Crippen molar-refractivity contribution in [1.29, 1.82) is 0 Å². The zero-order valence-electron chi connectivity index (χ0n) is 12.0. The van der Waals surface area contributed by atoms with Gasteiger partial charge in [-0.1, -0.05) is 0 Å². The molecule has 118 valence electrons. The van der Waals surface area contributed by atoms with Gasteiger partial charge in [-0.3, -0.25) is 14.2 Å². The number of fused-ring (bicyclic) bond motifs is 1. The van der Waals surface area contributed by atoms with Crippen LogP contribution in [0.25, 0.3) is 10.9 Å². The molecular formula is C14H16N2O6. The van der Waals surface area contributed by atoms with E-state index < -0.39 is 18.1 Å². The minimum atomic E-state index is -1.13. The summed E-state index contributed by atoms with van der Waals surface area (Å²) < 4.78 is 11.7. The van der Waals surface area contributed by atoms with E-state index in [1.807, 2.05) is 0 Å². The molecule has 22 heavy (non-hydrogen) atoms. The summed E-state index contributed by atoms with van der Waals surface area (Å²) >= 11 is 0. The van der Waals surface area contributed by atoms with Crippen molar-refractivity contribution in [3.63, 3.8) is 0 Å². The first-order valence-corrected chi connectivity index (χ1v) is 6.59. The van der Waals surface area contributed by atoms with Crippen molar-refractivity contribution in [2.75, 3.05) is 20.3 Å². The van der Waals surface area contributed by atoms with Gasteiger partial charge in [-0.25, -0.2) is 4.98 Å². The summed E-state index contributed by atoms with van der Waals surface area (Å²) in [5, 5.41) is 17.8. The fourth-order valence-electron chi connectivity index (χ4n) is 1.94. The van der Waals surface area contributed by atoms with Crippen LogP contribution in [-0.4, -0.2) is 46.1 Å². The summed E-state index contributed by atoms with van der Waals surface area (Å²) in [6.45, 7) is -0.151. The van der Waals surface area contributed by atoms with Crippen LogP contribution in [0.4, 0.5) is 0 Å². The van der Waals surface area contributed by atoms with Gasteiger partial charge in [-0.15, -0.1) is 0 Å². The summed E-state index contributed by atoms with van der Waals surface area (Å²) in [6.07, 6.45) is 1.65. The third-order valence-electron chi connectivity index (χ3n) is 2.98. The summed E-state index contributed by atoms with van der Waals surface area (Å²) in [6, 6.07) is 3.02. The van der Waals surface area contributed by atoms with Crippen molar-refractivity contribution in [3.8, 4) is 11.5 Å². The van der Waals surface area contributed by atoms with Gasteiger partial charge in [0, 0.05) is 19.1 Å². The van der Waals surface area contributed by atoms with Crippen LogP contribution in [0.2, 0.25) is 0 Å². The van der Waals surface area contributed by atoms with E-state index in [9.17, 15) is 9.59 Å². The highest BCUT2D eigenvalue weighted by atomic mass is 16.5. The van der Waals surface area contributed by atoms with Crippen LogP contribution in [0.3, 0.4) is 0 Å². The highest BCUT2D eigenvalue weighted by molar-refractivity contribution is 5.82. The summed E-state index contributed by atoms with van der Waals surface area (Å²) in [5.74, 6) is -0.372. The minimum Gasteiger partial charge on any atom is -0.493 e. The van der Waals surface area contributed by atoms with Gasteiger partial charge in [0.05, 0.1) is 30.9 Å². The molecule has 1 heterocycles. The van der Waals surface area contributed by atoms with Gasteiger partial charge in [-0.2, -0.15) is 0 Å². The van der Waals surface area contributed by atoms with E-state index in [0.717, 1.165) is 4.57 Å². The van der Waals surface area contributed by atoms with E-state index in [-0.39, 0.29) is 12.0 Å². The molecule has 0 amide bonds. The van der Waals surface area contributed by atoms with Crippen molar-refractivity contribution >= 4 is 16.9 Å². The Bertz CT molecular complexity index is 740. The smallest absolute Gasteiger partial charge is 0.323 e. The topological polar surface area (TPSA) is 111 Å². The van der Waals surface area contributed by atoms with E-state index >= 15 is 0 Å². The molecule has 2 rings (SSSR count). The number of rotatable bonds is 7. The lowest BCUT2D eigenvalue weighted by molar-refractivity contribution is -0.137. The first kappa shape index (κ1) is 15.8. The van der Waals surface area contributed by atoms with Gasteiger partial charge in [0.2, 0.25) is 0 Å². The number of hydrogen-bond donors (Lipinski definition) is 2. The van der Waals surface area contributed by atoms with Crippen LogP contribution in [-0.2, 0) is 11.3 Å². The second kappa shape index (κ2) is 6.90. The predicted molar refractivity (Wildman–Crippen MR) is 77.4 cm³/mol. The first-order valence-electron chi connectivity index (χ1n) is 6.59. The number of methoxy groups -OCH3 is 1. The first-order chi connectivity index (χ1) is 10.6.